The molecule has 1 N–H and O–H groups in total. The minimum Gasteiger partial charge on any atom is -0.458 e. The molecule has 2 atom stereocenters. The van der Waals surface area contributed by atoms with Crippen molar-refractivity contribution in [3.63, 3.8) is 0 Å². The average molecular weight is 255 g/mol. The molecule has 5 heteroatoms. The quantitative estimate of drug-likeness (QED) is 0.833. The number of furan rings is 1. The Kier molecular flexibility index (Phi) is 2.84. The molecular formula is C12H15ClN2O2. The van der Waals surface area contributed by atoms with Crippen molar-refractivity contribution in [2.24, 2.45) is 0 Å². The highest BCUT2D eigenvalue weighted by molar-refractivity contribution is 6.33. The standard InChI is InChI=1S/C12H15ClN2O2/c13-8-4-7-17-11(8)12(16)15-6-1-2-9-10(15)3-5-14-9/h4,7,9-10,14H,1-3,5-6H2. The van der Waals surface area contributed by atoms with E-state index in [1.807, 2.05) is 4.90 Å². The summed E-state index contributed by atoms with van der Waals surface area (Å²) in [4.78, 5) is 14.3. The lowest BCUT2D eigenvalue weighted by Crippen LogP contribution is -2.51. The zero-order valence-electron chi connectivity index (χ0n) is 9.49. The third kappa shape index (κ3) is 1.85. The first-order chi connectivity index (χ1) is 8.27. The van der Waals surface area contributed by atoms with E-state index in [0.717, 1.165) is 32.4 Å². The second-order valence-corrected chi connectivity index (χ2v) is 5.06. The number of nitrogens with one attached hydrogen (secondary N) is 1. The van der Waals surface area contributed by atoms with Gasteiger partial charge in [0.15, 0.2) is 0 Å². The molecule has 1 amide bonds. The summed E-state index contributed by atoms with van der Waals surface area (Å²) in [7, 11) is 0. The second kappa shape index (κ2) is 4.35. The summed E-state index contributed by atoms with van der Waals surface area (Å²) < 4.78 is 5.18. The van der Waals surface area contributed by atoms with E-state index >= 15 is 0 Å². The molecule has 0 radical (unpaired) electrons. The number of rotatable bonds is 1. The first-order valence-electron chi connectivity index (χ1n) is 6.05. The number of amides is 1. The van der Waals surface area contributed by atoms with E-state index in [0.29, 0.717) is 17.1 Å². The van der Waals surface area contributed by atoms with E-state index in [2.05, 4.69) is 5.32 Å². The molecule has 3 heterocycles. The summed E-state index contributed by atoms with van der Waals surface area (Å²) in [5, 5.41) is 3.85. The van der Waals surface area contributed by atoms with Gasteiger partial charge in [-0.05, 0) is 31.9 Å². The molecule has 0 aromatic carbocycles. The fourth-order valence-corrected chi connectivity index (χ4v) is 3.07. The van der Waals surface area contributed by atoms with Gasteiger partial charge < -0.3 is 14.6 Å². The Hall–Kier alpha value is -1.00. The van der Waals surface area contributed by atoms with Crippen molar-refractivity contribution < 1.29 is 9.21 Å². The number of hydrogen-bond acceptors (Lipinski definition) is 3. The average Bonchev–Trinajstić information content (AvgIpc) is 2.95. The Morgan fingerprint density at radius 1 is 1.53 bits per heavy atom. The fraction of sp³-hybridized carbons (Fsp3) is 0.583. The molecule has 2 aliphatic rings. The molecule has 2 saturated heterocycles. The number of fused-ring (bicyclic) bond motifs is 1. The molecular weight excluding hydrogens is 240 g/mol. The van der Waals surface area contributed by atoms with Crippen molar-refractivity contribution in [3.05, 3.63) is 23.1 Å². The summed E-state index contributed by atoms with van der Waals surface area (Å²) in [6, 6.07) is 2.36. The van der Waals surface area contributed by atoms with E-state index < -0.39 is 0 Å². The minimum absolute atomic E-state index is 0.0709. The predicted molar refractivity (Wildman–Crippen MR) is 64.2 cm³/mol. The summed E-state index contributed by atoms with van der Waals surface area (Å²) in [5.41, 5.74) is 0. The Bertz CT molecular complexity index is 432. The first-order valence-corrected chi connectivity index (χ1v) is 6.42. The molecule has 3 rings (SSSR count). The molecule has 0 spiro atoms. The highest BCUT2D eigenvalue weighted by Gasteiger charge is 2.38. The second-order valence-electron chi connectivity index (χ2n) is 4.66. The van der Waals surface area contributed by atoms with Crippen LogP contribution >= 0.6 is 11.6 Å². The largest absolute Gasteiger partial charge is 0.458 e. The van der Waals surface area contributed by atoms with E-state index in [-0.39, 0.29) is 11.7 Å². The van der Waals surface area contributed by atoms with Crippen LogP contribution < -0.4 is 5.32 Å². The number of halogens is 1. The normalized spacial score (nSPS) is 28.2. The topological polar surface area (TPSA) is 45.5 Å². The molecule has 2 unspecified atom stereocenters. The SMILES string of the molecule is O=C(c1occc1Cl)N1CCCC2NCCC21. The fourth-order valence-electron chi connectivity index (χ4n) is 2.90. The van der Waals surface area contributed by atoms with Crippen LogP contribution in [-0.4, -0.2) is 36.0 Å². The van der Waals surface area contributed by atoms with Crippen LogP contribution in [0.25, 0.3) is 0 Å². The van der Waals surface area contributed by atoms with Gasteiger partial charge in [0.25, 0.3) is 5.91 Å². The van der Waals surface area contributed by atoms with Gasteiger partial charge >= 0.3 is 0 Å². The van der Waals surface area contributed by atoms with E-state index in [1.165, 1.54) is 6.26 Å². The number of hydrogen-bond donors (Lipinski definition) is 1. The molecule has 0 saturated carbocycles. The molecule has 0 bridgehead atoms. The molecule has 4 nitrogen and oxygen atoms in total. The lowest BCUT2D eigenvalue weighted by molar-refractivity contribution is 0.0568. The smallest absolute Gasteiger partial charge is 0.291 e. The van der Waals surface area contributed by atoms with Gasteiger partial charge in [-0.2, -0.15) is 0 Å². The van der Waals surface area contributed by atoms with Crippen LogP contribution in [0.2, 0.25) is 5.02 Å². The van der Waals surface area contributed by atoms with Crippen LogP contribution in [0.5, 0.6) is 0 Å². The van der Waals surface area contributed by atoms with Crippen molar-refractivity contribution >= 4 is 17.5 Å². The van der Waals surface area contributed by atoms with Crippen LogP contribution in [0.15, 0.2) is 16.7 Å². The molecule has 1 aromatic heterocycles. The van der Waals surface area contributed by atoms with Gasteiger partial charge in [-0.3, -0.25) is 4.79 Å². The monoisotopic (exact) mass is 254 g/mol. The van der Waals surface area contributed by atoms with Gasteiger partial charge in [-0.25, -0.2) is 0 Å². The lowest BCUT2D eigenvalue weighted by atomic mass is 9.97. The minimum atomic E-state index is -0.0709. The summed E-state index contributed by atoms with van der Waals surface area (Å²) in [6.45, 7) is 1.80. The third-order valence-electron chi connectivity index (χ3n) is 3.70. The van der Waals surface area contributed by atoms with Gasteiger partial charge in [0.2, 0.25) is 5.76 Å². The van der Waals surface area contributed by atoms with Gasteiger partial charge in [0.1, 0.15) is 0 Å². The van der Waals surface area contributed by atoms with Crippen LogP contribution in [0.4, 0.5) is 0 Å². The third-order valence-corrected chi connectivity index (χ3v) is 4.00. The van der Waals surface area contributed by atoms with Crippen LogP contribution in [0, 0.1) is 0 Å². The zero-order valence-corrected chi connectivity index (χ0v) is 10.2. The maximum Gasteiger partial charge on any atom is 0.291 e. The lowest BCUT2D eigenvalue weighted by Gasteiger charge is -2.36. The number of carbonyl (C=O) groups excluding carboxylic acids is 1. The van der Waals surface area contributed by atoms with Crippen molar-refractivity contribution in [1.82, 2.24) is 10.2 Å². The van der Waals surface area contributed by atoms with Crippen LogP contribution in [0.1, 0.15) is 29.8 Å². The van der Waals surface area contributed by atoms with Gasteiger partial charge in [0, 0.05) is 18.6 Å². The van der Waals surface area contributed by atoms with Crippen LogP contribution in [0.3, 0.4) is 0 Å². The Labute approximate surface area is 105 Å². The Morgan fingerprint density at radius 2 is 2.41 bits per heavy atom. The zero-order chi connectivity index (χ0) is 11.8. The Morgan fingerprint density at radius 3 is 3.18 bits per heavy atom. The van der Waals surface area contributed by atoms with E-state index in [4.69, 9.17) is 16.0 Å². The molecule has 1 aromatic rings. The molecule has 2 aliphatic heterocycles. The number of nitrogens with zero attached hydrogens (tertiary/aromatic N) is 1. The van der Waals surface area contributed by atoms with Crippen molar-refractivity contribution in [1.29, 1.82) is 0 Å². The van der Waals surface area contributed by atoms with Crippen molar-refractivity contribution in [2.45, 2.75) is 31.3 Å². The van der Waals surface area contributed by atoms with Crippen molar-refractivity contribution in [3.8, 4) is 0 Å². The van der Waals surface area contributed by atoms with Gasteiger partial charge in [-0.1, -0.05) is 11.6 Å². The van der Waals surface area contributed by atoms with E-state index in [9.17, 15) is 4.79 Å². The Balaban J connectivity index is 1.83. The van der Waals surface area contributed by atoms with Crippen molar-refractivity contribution in [2.75, 3.05) is 13.1 Å². The molecule has 17 heavy (non-hydrogen) atoms. The maximum atomic E-state index is 12.3. The van der Waals surface area contributed by atoms with Crippen LogP contribution in [-0.2, 0) is 0 Å². The van der Waals surface area contributed by atoms with Gasteiger partial charge in [0.05, 0.1) is 11.3 Å². The molecule has 0 aliphatic carbocycles. The summed E-state index contributed by atoms with van der Waals surface area (Å²) in [5.74, 6) is 0.206. The van der Waals surface area contributed by atoms with E-state index in [1.54, 1.807) is 6.07 Å². The molecule has 2 fully saturated rings. The first kappa shape index (κ1) is 11.1. The number of likely N-dealkylation sites (tertiary alicyclic amines) is 1. The molecule has 92 valence electrons. The highest BCUT2D eigenvalue weighted by atomic mass is 35.5. The summed E-state index contributed by atoms with van der Waals surface area (Å²) in [6.07, 6.45) is 4.68. The number of carbonyl (C=O) groups is 1. The summed E-state index contributed by atoms with van der Waals surface area (Å²) >= 11 is 5.94. The van der Waals surface area contributed by atoms with Gasteiger partial charge in [-0.15, -0.1) is 0 Å². The maximum absolute atomic E-state index is 12.3. The number of piperidine rings is 1. The predicted octanol–water partition coefficient (Wildman–Crippen LogP) is 1.90. The highest BCUT2D eigenvalue weighted by Crippen LogP contribution is 2.28.